The summed E-state index contributed by atoms with van der Waals surface area (Å²) < 4.78 is 0. The minimum Gasteiger partial charge on any atom is -0.367 e. The molecule has 1 amide bonds. The molecule has 0 radical (unpaired) electrons. The summed E-state index contributed by atoms with van der Waals surface area (Å²) in [6, 6.07) is 1.58. The standard InChI is InChI=1S/C11H14N2O2S/c14-10-1-4-12-7-9(10)11(15)13-8-2-5-16-6-3-8/h1,4,7-8H,2-3,5-6H2,(H,12,14)(H,13,15). The van der Waals surface area contributed by atoms with E-state index in [0.29, 0.717) is 0 Å². The Kier molecular flexibility index (Phi) is 3.66. The van der Waals surface area contributed by atoms with Gasteiger partial charge in [-0.2, -0.15) is 11.8 Å². The molecule has 1 aliphatic heterocycles. The maximum Gasteiger partial charge on any atom is 0.256 e. The van der Waals surface area contributed by atoms with Crippen LogP contribution in [0.3, 0.4) is 0 Å². The molecule has 4 nitrogen and oxygen atoms in total. The van der Waals surface area contributed by atoms with Gasteiger partial charge in [0.1, 0.15) is 5.56 Å². The number of amides is 1. The molecule has 1 aromatic heterocycles. The second kappa shape index (κ2) is 5.21. The van der Waals surface area contributed by atoms with Crippen molar-refractivity contribution in [3.63, 3.8) is 0 Å². The van der Waals surface area contributed by atoms with E-state index in [9.17, 15) is 9.59 Å². The first-order valence-electron chi connectivity index (χ1n) is 5.33. The fourth-order valence-corrected chi connectivity index (χ4v) is 2.81. The summed E-state index contributed by atoms with van der Waals surface area (Å²) in [5.74, 6) is 1.89. The molecule has 16 heavy (non-hydrogen) atoms. The van der Waals surface area contributed by atoms with Crippen LogP contribution in [-0.2, 0) is 0 Å². The van der Waals surface area contributed by atoms with Crippen LogP contribution in [0.1, 0.15) is 23.2 Å². The lowest BCUT2D eigenvalue weighted by Crippen LogP contribution is -2.39. The Labute approximate surface area is 97.8 Å². The Bertz CT molecular complexity index is 424. The van der Waals surface area contributed by atoms with Crippen LogP contribution in [0.25, 0.3) is 0 Å². The average Bonchev–Trinajstić information content (AvgIpc) is 2.31. The zero-order valence-electron chi connectivity index (χ0n) is 8.86. The molecule has 0 aliphatic carbocycles. The molecule has 2 heterocycles. The molecule has 1 aliphatic rings. The Balaban J connectivity index is 2.02. The number of hydrogen-bond acceptors (Lipinski definition) is 3. The van der Waals surface area contributed by atoms with Gasteiger partial charge in [-0.1, -0.05) is 0 Å². The Hall–Kier alpha value is -1.23. The highest BCUT2D eigenvalue weighted by atomic mass is 32.2. The van der Waals surface area contributed by atoms with Gasteiger partial charge in [-0.05, 0) is 24.3 Å². The first kappa shape index (κ1) is 11.3. The predicted molar refractivity (Wildman–Crippen MR) is 64.9 cm³/mol. The fourth-order valence-electron chi connectivity index (χ4n) is 1.70. The lowest BCUT2D eigenvalue weighted by Gasteiger charge is -2.22. The molecule has 2 N–H and O–H groups in total. The van der Waals surface area contributed by atoms with Crippen LogP contribution in [-0.4, -0.2) is 28.4 Å². The molecule has 0 bridgehead atoms. The fraction of sp³-hybridized carbons (Fsp3) is 0.455. The van der Waals surface area contributed by atoms with Crippen molar-refractivity contribution in [3.05, 3.63) is 34.2 Å². The number of aromatic nitrogens is 1. The smallest absolute Gasteiger partial charge is 0.256 e. The number of H-pyrrole nitrogens is 1. The van der Waals surface area contributed by atoms with Gasteiger partial charge in [0.2, 0.25) is 0 Å². The van der Waals surface area contributed by atoms with E-state index in [1.54, 1.807) is 0 Å². The van der Waals surface area contributed by atoms with Gasteiger partial charge in [0.05, 0.1) is 0 Å². The quantitative estimate of drug-likeness (QED) is 0.808. The third-order valence-electron chi connectivity index (χ3n) is 2.63. The lowest BCUT2D eigenvalue weighted by molar-refractivity contribution is 0.0933. The summed E-state index contributed by atoms with van der Waals surface area (Å²) in [6.07, 6.45) is 4.95. The maximum absolute atomic E-state index is 11.8. The van der Waals surface area contributed by atoms with E-state index in [4.69, 9.17) is 0 Å². The van der Waals surface area contributed by atoms with Crippen molar-refractivity contribution >= 4 is 17.7 Å². The van der Waals surface area contributed by atoms with E-state index < -0.39 is 0 Å². The van der Waals surface area contributed by atoms with Crippen LogP contribution in [0.2, 0.25) is 0 Å². The summed E-state index contributed by atoms with van der Waals surface area (Å²) >= 11 is 1.91. The van der Waals surface area contributed by atoms with Gasteiger partial charge in [-0.25, -0.2) is 0 Å². The van der Waals surface area contributed by atoms with Gasteiger partial charge in [-0.3, -0.25) is 9.59 Å². The highest BCUT2D eigenvalue weighted by molar-refractivity contribution is 7.99. The molecule has 2 rings (SSSR count). The highest BCUT2D eigenvalue weighted by Gasteiger charge is 2.17. The molecule has 1 saturated heterocycles. The normalized spacial score (nSPS) is 17.0. The minimum absolute atomic E-state index is 0.195. The number of pyridine rings is 1. The van der Waals surface area contributed by atoms with Crippen LogP contribution < -0.4 is 10.7 Å². The molecule has 86 valence electrons. The number of nitrogens with one attached hydrogen (secondary N) is 2. The second-order valence-corrected chi connectivity index (χ2v) is 5.01. The number of hydrogen-bond donors (Lipinski definition) is 2. The molecule has 0 aromatic carbocycles. The van der Waals surface area contributed by atoms with Gasteiger partial charge in [0.15, 0.2) is 5.43 Å². The number of aromatic amines is 1. The molecule has 0 unspecified atom stereocenters. The maximum atomic E-state index is 11.8. The highest BCUT2D eigenvalue weighted by Crippen LogP contribution is 2.16. The Morgan fingerprint density at radius 3 is 2.88 bits per heavy atom. The van der Waals surface area contributed by atoms with E-state index in [0.717, 1.165) is 24.3 Å². The van der Waals surface area contributed by atoms with Crippen molar-refractivity contribution in [2.75, 3.05) is 11.5 Å². The minimum atomic E-state index is -0.265. The molecule has 0 atom stereocenters. The molecule has 1 aromatic rings. The zero-order chi connectivity index (χ0) is 11.4. The van der Waals surface area contributed by atoms with Crippen LogP contribution in [0, 0.1) is 0 Å². The molecule has 5 heteroatoms. The summed E-state index contributed by atoms with van der Waals surface area (Å²) in [5, 5.41) is 2.90. The Morgan fingerprint density at radius 2 is 2.19 bits per heavy atom. The lowest BCUT2D eigenvalue weighted by atomic mass is 10.1. The molecular formula is C11H14N2O2S. The predicted octanol–water partition coefficient (Wildman–Crippen LogP) is 1.00. The number of carbonyl (C=O) groups is 1. The van der Waals surface area contributed by atoms with Crippen molar-refractivity contribution in [2.45, 2.75) is 18.9 Å². The van der Waals surface area contributed by atoms with E-state index in [1.165, 1.54) is 18.5 Å². The SMILES string of the molecule is O=C(NC1CCSCC1)c1c[nH]ccc1=O. The van der Waals surface area contributed by atoms with E-state index in [1.807, 2.05) is 11.8 Å². The van der Waals surface area contributed by atoms with Gasteiger partial charge < -0.3 is 10.3 Å². The third kappa shape index (κ3) is 2.66. The summed E-state index contributed by atoms with van der Waals surface area (Å²) in [4.78, 5) is 26.0. The van der Waals surface area contributed by atoms with Crippen molar-refractivity contribution in [3.8, 4) is 0 Å². The van der Waals surface area contributed by atoms with Crippen LogP contribution in [0.15, 0.2) is 23.3 Å². The topological polar surface area (TPSA) is 62.0 Å². The first-order valence-corrected chi connectivity index (χ1v) is 6.48. The molecular weight excluding hydrogens is 224 g/mol. The van der Waals surface area contributed by atoms with Crippen LogP contribution in [0.4, 0.5) is 0 Å². The van der Waals surface area contributed by atoms with Gasteiger partial charge in [0, 0.05) is 24.5 Å². The van der Waals surface area contributed by atoms with Crippen molar-refractivity contribution < 1.29 is 4.79 Å². The van der Waals surface area contributed by atoms with Crippen molar-refractivity contribution in [1.29, 1.82) is 0 Å². The number of thioether (sulfide) groups is 1. The van der Waals surface area contributed by atoms with E-state index in [-0.39, 0.29) is 22.9 Å². The first-order chi connectivity index (χ1) is 7.77. The zero-order valence-corrected chi connectivity index (χ0v) is 9.68. The van der Waals surface area contributed by atoms with Gasteiger partial charge in [0.25, 0.3) is 5.91 Å². The van der Waals surface area contributed by atoms with Crippen LogP contribution in [0.5, 0.6) is 0 Å². The Morgan fingerprint density at radius 1 is 1.44 bits per heavy atom. The van der Waals surface area contributed by atoms with Gasteiger partial charge in [-0.15, -0.1) is 0 Å². The van der Waals surface area contributed by atoms with Crippen molar-refractivity contribution in [1.82, 2.24) is 10.3 Å². The third-order valence-corrected chi connectivity index (χ3v) is 3.67. The molecule has 0 spiro atoms. The van der Waals surface area contributed by atoms with E-state index >= 15 is 0 Å². The van der Waals surface area contributed by atoms with Gasteiger partial charge >= 0.3 is 0 Å². The van der Waals surface area contributed by atoms with Crippen LogP contribution >= 0.6 is 11.8 Å². The second-order valence-electron chi connectivity index (χ2n) is 3.78. The van der Waals surface area contributed by atoms with Crippen molar-refractivity contribution in [2.24, 2.45) is 0 Å². The molecule has 1 fully saturated rings. The largest absolute Gasteiger partial charge is 0.367 e. The number of carbonyl (C=O) groups excluding carboxylic acids is 1. The molecule has 0 saturated carbocycles. The average molecular weight is 238 g/mol. The van der Waals surface area contributed by atoms with E-state index in [2.05, 4.69) is 10.3 Å². The monoisotopic (exact) mass is 238 g/mol. The summed E-state index contributed by atoms with van der Waals surface area (Å²) in [7, 11) is 0. The number of rotatable bonds is 2. The summed E-state index contributed by atoms with van der Waals surface area (Å²) in [6.45, 7) is 0. The summed E-state index contributed by atoms with van der Waals surface area (Å²) in [5.41, 5.74) is -0.0397.